The zero-order chi connectivity index (χ0) is 11.7. The molecule has 82 valence electrons. The Morgan fingerprint density at radius 3 is 2.06 bits per heavy atom. The highest BCUT2D eigenvalue weighted by Crippen LogP contribution is 2.29. The molecule has 0 aliphatic rings. The van der Waals surface area contributed by atoms with E-state index >= 15 is 0 Å². The maximum atomic E-state index is 9.45. The SMILES string of the molecule is Cc1cc(-c2cc(Cl)cc(Cl)c2)ccc1O. The Morgan fingerprint density at radius 1 is 0.875 bits per heavy atom. The first-order valence-electron chi connectivity index (χ1n) is 4.82. The van der Waals surface area contributed by atoms with E-state index in [1.54, 1.807) is 12.1 Å². The quantitative estimate of drug-likeness (QED) is 0.782. The van der Waals surface area contributed by atoms with Crippen molar-refractivity contribution in [1.82, 2.24) is 0 Å². The van der Waals surface area contributed by atoms with E-state index in [0.29, 0.717) is 10.0 Å². The Hall–Kier alpha value is -1.18. The van der Waals surface area contributed by atoms with Crippen LogP contribution in [0.3, 0.4) is 0 Å². The van der Waals surface area contributed by atoms with Gasteiger partial charge >= 0.3 is 0 Å². The second-order valence-corrected chi connectivity index (χ2v) is 4.53. The number of aryl methyl sites for hydroxylation is 1. The van der Waals surface area contributed by atoms with Crippen LogP contribution in [-0.4, -0.2) is 5.11 Å². The molecule has 3 heteroatoms. The van der Waals surface area contributed by atoms with Crippen LogP contribution in [0.15, 0.2) is 36.4 Å². The topological polar surface area (TPSA) is 20.2 Å². The molecule has 0 fully saturated rings. The summed E-state index contributed by atoms with van der Waals surface area (Å²) in [6.45, 7) is 1.85. The van der Waals surface area contributed by atoms with Gasteiger partial charge in [0.05, 0.1) is 0 Å². The monoisotopic (exact) mass is 252 g/mol. The molecule has 2 aromatic carbocycles. The molecule has 0 atom stereocenters. The van der Waals surface area contributed by atoms with E-state index in [0.717, 1.165) is 16.7 Å². The standard InChI is InChI=1S/C13H10Cl2O/c1-8-4-9(2-3-13(8)16)10-5-11(14)7-12(15)6-10/h2-7,16H,1H3. The molecule has 0 unspecified atom stereocenters. The zero-order valence-corrected chi connectivity index (χ0v) is 10.2. The van der Waals surface area contributed by atoms with Crippen LogP contribution < -0.4 is 0 Å². The van der Waals surface area contributed by atoms with Gasteiger partial charge in [-0.1, -0.05) is 29.3 Å². The highest BCUT2D eigenvalue weighted by molar-refractivity contribution is 6.35. The smallest absolute Gasteiger partial charge is 0.118 e. The molecule has 0 heterocycles. The van der Waals surface area contributed by atoms with Crippen molar-refractivity contribution >= 4 is 23.2 Å². The van der Waals surface area contributed by atoms with Crippen molar-refractivity contribution in [2.45, 2.75) is 6.92 Å². The molecule has 1 N–H and O–H groups in total. The van der Waals surface area contributed by atoms with Gasteiger partial charge in [0.2, 0.25) is 0 Å². The number of phenolic OH excluding ortho intramolecular Hbond substituents is 1. The summed E-state index contributed by atoms with van der Waals surface area (Å²) in [5.41, 5.74) is 2.76. The van der Waals surface area contributed by atoms with Crippen LogP contribution in [0.4, 0.5) is 0 Å². The Balaban J connectivity index is 2.54. The van der Waals surface area contributed by atoms with Crippen molar-refractivity contribution in [3.63, 3.8) is 0 Å². The molecule has 2 rings (SSSR count). The number of halogens is 2. The van der Waals surface area contributed by atoms with Gasteiger partial charge in [-0.05, 0) is 53.9 Å². The molecular formula is C13H10Cl2O. The normalized spacial score (nSPS) is 10.4. The number of hydrogen-bond donors (Lipinski definition) is 1. The predicted octanol–water partition coefficient (Wildman–Crippen LogP) is 4.67. The second-order valence-electron chi connectivity index (χ2n) is 3.66. The van der Waals surface area contributed by atoms with Crippen molar-refractivity contribution in [2.75, 3.05) is 0 Å². The third kappa shape index (κ3) is 2.31. The van der Waals surface area contributed by atoms with Gasteiger partial charge in [0.1, 0.15) is 5.75 Å². The summed E-state index contributed by atoms with van der Waals surface area (Å²) in [6, 6.07) is 10.8. The highest BCUT2D eigenvalue weighted by atomic mass is 35.5. The van der Waals surface area contributed by atoms with E-state index in [-0.39, 0.29) is 5.75 Å². The van der Waals surface area contributed by atoms with Crippen molar-refractivity contribution in [1.29, 1.82) is 0 Å². The summed E-state index contributed by atoms with van der Waals surface area (Å²) in [5.74, 6) is 0.289. The number of rotatable bonds is 1. The van der Waals surface area contributed by atoms with Gasteiger partial charge in [0.25, 0.3) is 0 Å². The number of benzene rings is 2. The molecule has 0 amide bonds. The largest absolute Gasteiger partial charge is 0.508 e. The van der Waals surface area contributed by atoms with E-state index in [2.05, 4.69) is 0 Å². The minimum Gasteiger partial charge on any atom is -0.508 e. The van der Waals surface area contributed by atoms with Gasteiger partial charge in [-0.2, -0.15) is 0 Å². The zero-order valence-electron chi connectivity index (χ0n) is 8.67. The molecule has 2 aromatic rings. The first kappa shape index (κ1) is 11.3. The van der Waals surface area contributed by atoms with E-state index in [1.165, 1.54) is 0 Å². The molecule has 0 aromatic heterocycles. The van der Waals surface area contributed by atoms with Crippen LogP contribution in [0.2, 0.25) is 10.0 Å². The summed E-state index contributed by atoms with van der Waals surface area (Å²) in [7, 11) is 0. The van der Waals surface area contributed by atoms with Crippen molar-refractivity contribution in [3.8, 4) is 16.9 Å². The first-order chi connectivity index (χ1) is 7.56. The third-order valence-electron chi connectivity index (χ3n) is 2.39. The predicted molar refractivity (Wildman–Crippen MR) is 68.3 cm³/mol. The molecule has 0 aliphatic heterocycles. The number of hydrogen-bond acceptors (Lipinski definition) is 1. The first-order valence-corrected chi connectivity index (χ1v) is 5.58. The van der Waals surface area contributed by atoms with Crippen molar-refractivity contribution < 1.29 is 5.11 Å². The lowest BCUT2D eigenvalue weighted by molar-refractivity contribution is 0.471. The Labute approximate surface area is 104 Å². The average molecular weight is 253 g/mol. The minimum atomic E-state index is 0.289. The number of phenols is 1. The molecule has 0 aliphatic carbocycles. The van der Waals surface area contributed by atoms with Gasteiger partial charge in [-0.3, -0.25) is 0 Å². The Bertz CT molecular complexity index is 515. The molecule has 0 spiro atoms. The fourth-order valence-electron chi connectivity index (χ4n) is 1.56. The molecule has 0 bridgehead atoms. The van der Waals surface area contributed by atoms with E-state index in [9.17, 15) is 5.11 Å². The maximum absolute atomic E-state index is 9.45. The molecule has 1 nitrogen and oxygen atoms in total. The number of aromatic hydroxyl groups is 1. The van der Waals surface area contributed by atoms with Gasteiger partial charge < -0.3 is 5.11 Å². The maximum Gasteiger partial charge on any atom is 0.118 e. The Kier molecular flexibility index (Phi) is 3.08. The summed E-state index contributed by atoms with van der Waals surface area (Å²) in [4.78, 5) is 0. The van der Waals surface area contributed by atoms with Crippen LogP contribution in [0.25, 0.3) is 11.1 Å². The van der Waals surface area contributed by atoms with Crippen LogP contribution in [0.5, 0.6) is 5.75 Å². The van der Waals surface area contributed by atoms with Crippen LogP contribution in [0.1, 0.15) is 5.56 Å². The van der Waals surface area contributed by atoms with E-state index in [4.69, 9.17) is 23.2 Å². The second kappa shape index (κ2) is 4.36. The van der Waals surface area contributed by atoms with Gasteiger partial charge in [-0.15, -0.1) is 0 Å². The minimum absolute atomic E-state index is 0.289. The fraction of sp³-hybridized carbons (Fsp3) is 0.0769. The molecule has 0 saturated carbocycles. The lowest BCUT2D eigenvalue weighted by Crippen LogP contribution is -1.81. The summed E-state index contributed by atoms with van der Waals surface area (Å²) >= 11 is 11.9. The summed E-state index contributed by atoms with van der Waals surface area (Å²) < 4.78 is 0. The molecule has 16 heavy (non-hydrogen) atoms. The Morgan fingerprint density at radius 2 is 1.50 bits per heavy atom. The molecular weight excluding hydrogens is 243 g/mol. The summed E-state index contributed by atoms with van der Waals surface area (Å²) in [6.07, 6.45) is 0. The van der Waals surface area contributed by atoms with E-state index in [1.807, 2.05) is 31.2 Å². The lowest BCUT2D eigenvalue weighted by atomic mass is 10.0. The van der Waals surface area contributed by atoms with Gasteiger partial charge in [-0.25, -0.2) is 0 Å². The van der Waals surface area contributed by atoms with Crippen LogP contribution in [-0.2, 0) is 0 Å². The lowest BCUT2D eigenvalue weighted by Gasteiger charge is -2.06. The van der Waals surface area contributed by atoms with Crippen LogP contribution in [0, 0.1) is 6.92 Å². The van der Waals surface area contributed by atoms with Crippen LogP contribution >= 0.6 is 23.2 Å². The van der Waals surface area contributed by atoms with E-state index < -0.39 is 0 Å². The summed E-state index contributed by atoms with van der Waals surface area (Å²) in [5, 5.41) is 10.7. The highest BCUT2D eigenvalue weighted by Gasteiger charge is 2.03. The fourth-order valence-corrected chi connectivity index (χ4v) is 2.08. The molecule has 0 saturated heterocycles. The van der Waals surface area contributed by atoms with Crippen molar-refractivity contribution in [2.24, 2.45) is 0 Å². The molecule has 0 radical (unpaired) electrons. The van der Waals surface area contributed by atoms with Crippen molar-refractivity contribution in [3.05, 3.63) is 52.0 Å². The third-order valence-corrected chi connectivity index (χ3v) is 2.83. The van der Waals surface area contributed by atoms with Gasteiger partial charge in [0, 0.05) is 10.0 Å². The average Bonchev–Trinajstić information content (AvgIpc) is 2.20. The van der Waals surface area contributed by atoms with Gasteiger partial charge in [0.15, 0.2) is 0 Å².